The summed E-state index contributed by atoms with van der Waals surface area (Å²) in [6.07, 6.45) is 3.34. The van der Waals surface area contributed by atoms with Gasteiger partial charge in [-0.2, -0.15) is 0 Å². The Kier molecular flexibility index (Phi) is 11.9. The van der Waals surface area contributed by atoms with Gasteiger partial charge in [0.15, 0.2) is 0 Å². The van der Waals surface area contributed by atoms with Crippen molar-refractivity contribution in [3.63, 3.8) is 0 Å². The number of aliphatic hydroxyl groups excluding tert-OH is 1. The molecule has 0 saturated heterocycles. The summed E-state index contributed by atoms with van der Waals surface area (Å²) in [5.41, 5.74) is 0.260. The second-order valence-electron chi connectivity index (χ2n) is 8.68. The highest BCUT2D eigenvalue weighted by molar-refractivity contribution is 6.19. The number of aliphatic imine (C=N–C) groups is 1. The zero-order chi connectivity index (χ0) is 21.1. The van der Waals surface area contributed by atoms with Crippen molar-refractivity contribution in [3.05, 3.63) is 11.3 Å². The Bertz CT molecular complexity index is 545. The number of carboxylic acid groups (broad SMARTS) is 1. The van der Waals surface area contributed by atoms with Crippen LogP contribution in [-0.4, -0.2) is 34.7 Å². The van der Waals surface area contributed by atoms with Gasteiger partial charge in [0.2, 0.25) is 0 Å². The zero-order valence-corrected chi connectivity index (χ0v) is 18.2. The quantitative estimate of drug-likeness (QED) is 0.252. The minimum Gasteiger partial charge on any atom is -0.511 e. The van der Waals surface area contributed by atoms with E-state index in [1.807, 2.05) is 13.8 Å². The third-order valence-electron chi connectivity index (χ3n) is 4.58. The maximum Gasteiger partial charge on any atom is 0.340 e. The summed E-state index contributed by atoms with van der Waals surface area (Å²) in [6.45, 7) is 12.3. The molecule has 5 nitrogen and oxygen atoms in total. The van der Waals surface area contributed by atoms with Gasteiger partial charge in [-0.1, -0.05) is 48.0 Å². The maximum atomic E-state index is 12.4. The summed E-state index contributed by atoms with van der Waals surface area (Å²) in [6, 6.07) is 0. The van der Waals surface area contributed by atoms with Crippen molar-refractivity contribution in [2.45, 2.75) is 80.1 Å². The van der Waals surface area contributed by atoms with Crippen LogP contribution in [0, 0.1) is 23.7 Å². The molecule has 0 heterocycles. The molecule has 2 N–H and O–H groups in total. The zero-order valence-electron chi connectivity index (χ0n) is 18.2. The lowest BCUT2D eigenvalue weighted by Crippen LogP contribution is -2.22. The normalized spacial score (nSPS) is 14.7. The molecule has 0 aromatic rings. The topological polar surface area (TPSA) is 87.0 Å². The molecule has 0 saturated carbocycles. The minimum absolute atomic E-state index is 0.0765. The Hall–Kier alpha value is -1.65. The van der Waals surface area contributed by atoms with E-state index < -0.39 is 11.9 Å². The molecule has 0 aliphatic heterocycles. The Morgan fingerprint density at radius 1 is 0.815 bits per heavy atom. The van der Waals surface area contributed by atoms with Crippen LogP contribution in [-0.2, 0) is 9.59 Å². The highest BCUT2D eigenvalue weighted by atomic mass is 16.4. The van der Waals surface area contributed by atoms with E-state index in [1.165, 1.54) is 0 Å². The molecule has 0 unspecified atom stereocenters. The van der Waals surface area contributed by atoms with Crippen molar-refractivity contribution in [1.82, 2.24) is 0 Å². The maximum absolute atomic E-state index is 12.4. The molecular formula is C22H39NO4. The fraction of sp³-hybridized carbons (Fsp3) is 0.773. The molecular weight excluding hydrogens is 342 g/mol. The number of aliphatic hydroxyl groups is 1. The molecule has 0 aromatic carbocycles. The number of hydrogen-bond donors (Lipinski definition) is 2. The van der Waals surface area contributed by atoms with Crippen molar-refractivity contribution in [2.75, 3.05) is 7.05 Å². The van der Waals surface area contributed by atoms with Gasteiger partial charge in [0, 0.05) is 25.8 Å². The van der Waals surface area contributed by atoms with Crippen molar-refractivity contribution < 1.29 is 19.8 Å². The smallest absolute Gasteiger partial charge is 0.340 e. The van der Waals surface area contributed by atoms with Gasteiger partial charge in [-0.05, 0) is 37.0 Å². The molecule has 0 spiro atoms. The highest BCUT2D eigenvalue weighted by Crippen LogP contribution is 2.27. The largest absolute Gasteiger partial charge is 0.511 e. The van der Waals surface area contributed by atoms with Gasteiger partial charge < -0.3 is 10.2 Å². The van der Waals surface area contributed by atoms with E-state index in [-0.39, 0.29) is 29.5 Å². The van der Waals surface area contributed by atoms with Crippen LogP contribution < -0.4 is 0 Å². The first-order chi connectivity index (χ1) is 12.5. The van der Waals surface area contributed by atoms with Gasteiger partial charge in [0.1, 0.15) is 17.1 Å². The summed E-state index contributed by atoms with van der Waals surface area (Å²) >= 11 is 0. The predicted molar refractivity (Wildman–Crippen MR) is 111 cm³/mol. The summed E-state index contributed by atoms with van der Waals surface area (Å²) < 4.78 is 0. The van der Waals surface area contributed by atoms with Gasteiger partial charge in [0.05, 0.1) is 5.71 Å². The molecule has 1 atom stereocenters. The monoisotopic (exact) mass is 381 g/mol. The van der Waals surface area contributed by atoms with E-state index in [2.05, 4.69) is 32.7 Å². The van der Waals surface area contributed by atoms with Crippen LogP contribution in [0.4, 0.5) is 0 Å². The molecule has 0 amide bonds. The fourth-order valence-corrected chi connectivity index (χ4v) is 2.97. The van der Waals surface area contributed by atoms with Gasteiger partial charge in [-0.25, -0.2) is 4.79 Å². The third-order valence-corrected chi connectivity index (χ3v) is 4.58. The second-order valence-corrected chi connectivity index (χ2v) is 8.68. The Balaban J connectivity index is 5.74. The number of aliphatic carboxylic acids is 1. The van der Waals surface area contributed by atoms with E-state index in [1.54, 1.807) is 7.05 Å². The summed E-state index contributed by atoms with van der Waals surface area (Å²) in [5.74, 6) is -0.705. The molecule has 0 bridgehead atoms. The second kappa shape index (κ2) is 12.7. The molecule has 156 valence electrons. The molecule has 5 heteroatoms. The predicted octanol–water partition coefficient (Wildman–Crippen LogP) is 5.45. The molecule has 0 rings (SSSR count). The Morgan fingerprint density at radius 2 is 1.37 bits per heavy atom. The number of allylic oxidation sites excluding steroid dienone is 1. The number of ketones is 1. The lowest BCUT2D eigenvalue weighted by molar-refractivity contribution is -0.132. The minimum atomic E-state index is -1.18. The lowest BCUT2D eigenvalue weighted by Gasteiger charge is -2.20. The van der Waals surface area contributed by atoms with Crippen LogP contribution in [0.5, 0.6) is 0 Å². The standard InChI is InChI=1S/C22H39NO4/c1-14(2)8-10-17(13-18(24)11-9-15(3)4)21(25)20(22(26)27)19(23-7)12-16(5)6/h14-17,25H,8-13H2,1-7H3,(H,26,27)/t17-/m1/s1. The van der Waals surface area contributed by atoms with E-state index in [0.29, 0.717) is 36.8 Å². The van der Waals surface area contributed by atoms with Crippen LogP contribution >= 0.6 is 0 Å². The van der Waals surface area contributed by atoms with Crippen LogP contribution in [0.15, 0.2) is 16.3 Å². The number of Topliss-reactive ketones (excluding diaryl/α,β-unsaturated/α-hetero) is 1. The molecule has 0 aliphatic rings. The van der Waals surface area contributed by atoms with Crippen molar-refractivity contribution in [2.24, 2.45) is 28.7 Å². The van der Waals surface area contributed by atoms with E-state index in [4.69, 9.17) is 0 Å². The molecule has 0 aliphatic carbocycles. The summed E-state index contributed by atoms with van der Waals surface area (Å²) in [5, 5.41) is 20.6. The van der Waals surface area contributed by atoms with Crippen LogP contribution in [0.3, 0.4) is 0 Å². The van der Waals surface area contributed by atoms with Crippen molar-refractivity contribution >= 4 is 17.5 Å². The van der Waals surface area contributed by atoms with E-state index in [9.17, 15) is 19.8 Å². The molecule has 27 heavy (non-hydrogen) atoms. The molecule has 0 aromatic heterocycles. The number of carboxylic acids is 1. The average Bonchev–Trinajstić information content (AvgIpc) is 2.54. The summed E-state index contributed by atoms with van der Waals surface area (Å²) in [4.78, 5) is 28.4. The number of carbonyl (C=O) groups excluding carboxylic acids is 1. The lowest BCUT2D eigenvalue weighted by atomic mass is 9.86. The molecule has 0 radical (unpaired) electrons. The van der Waals surface area contributed by atoms with Gasteiger partial charge in [-0.15, -0.1) is 0 Å². The summed E-state index contributed by atoms with van der Waals surface area (Å²) in [7, 11) is 1.55. The van der Waals surface area contributed by atoms with Gasteiger partial charge >= 0.3 is 5.97 Å². The van der Waals surface area contributed by atoms with E-state index in [0.717, 1.165) is 12.8 Å². The molecule has 0 fully saturated rings. The van der Waals surface area contributed by atoms with Gasteiger partial charge in [-0.3, -0.25) is 9.79 Å². The van der Waals surface area contributed by atoms with Crippen LogP contribution in [0.2, 0.25) is 0 Å². The number of carbonyl (C=O) groups is 2. The average molecular weight is 382 g/mol. The van der Waals surface area contributed by atoms with Crippen molar-refractivity contribution in [1.29, 1.82) is 0 Å². The van der Waals surface area contributed by atoms with Gasteiger partial charge in [0.25, 0.3) is 0 Å². The SMILES string of the molecule is CN=C(CC(C)C)C(C(=O)O)=C(O)[C@H](CCC(C)C)CC(=O)CCC(C)C. The van der Waals surface area contributed by atoms with Crippen LogP contribution in [0.25, 0.3) is 0 Å². The van der Waals surface area contributed by atoms with Crippen molar-refractivity contribution in [3.8, 4) is 0 Å². The van der Waals surface area contributed by atoms with Crippen LogP contribution in [0.1, 0.15) is 80.1 Å². The fourth-order valence-electron chi connectivity index (χ4n) is 2.97. The van der Waals surface area contributed by atoms with E-state index >= 15 is 0 Å². The Labute approximate surface area is 165 Å². The highest BCUT2D eigenvalue weighted by Gasteiger charge is 2.28. The Morgan fingerprint density at radius 3 is 1.78 bits per heavy atom. The first-order valence-electron chi connectivity index (χ1n) is 10.1. The first kappa shape index (κ1) is 25.4. The first-order valence-corrected chi connectivity index (χ1v) is 10.1. The third kappa shape index (κ3) is 10.3. The number of rotatable bonds is 13. The number of nitrogens with zero attached hydrogens (tertiary/aromatic N) is 1. The number of hydrogen-bond acceptors (Lipinski definition) is 4.